The topological polar surface area (TPSA) is 52.4 Å². The van der Waals surface area contributed by atoms with E-state index in [1.807, 2.05) is 0 Å². The zero-order valence-corrected chi connectivity index (χ0v) is 10.6. The molecule has 0 radical (unpaired) electrons. The monoisotopic (exact) mass is 303 g/mol. The molecular formula is C10H7BrClNO3. The molecule has 0 aliphatic carbocycles. The van der Waals surface area contributed by atoms with Gasteiger partial charge < -0.3 is 4.74 Å². The van der Waals surface area contributed by atoms with E-state index in [1.165, 1.54) is 19.2 Å². The SMILES string of the molecule is COc1cc(Cl)c(C#CCBr)cc1[N+](=O)[O-]. The van der Waals surface area contributed by atoms with Crippen LogP contribution in [0.15, 0.2) is 12.1 Å². The average molecular weight is 305 g/mol. The van der Waals surface area contributed by atoms with Crippen LogP contribution in [0.5, 0.6) is 5.75 Å². The van der Waals surface area contributed by atoms with E-state index >= 15 is 0 Å². The number of ether oxygens (including phenoxy) is 1. The third-order valence-corrected chi connectivity index (χ3v) is 2.35. The first-order valence-corrected chi connectivity index (χ1v) is 5.67. The lowest BCUT2D eigenvalue weighted by Crippen LogP contribution is -1.95. The second-order valence-corrected chi connectivity index (χ2v) is 3.66. The predicted molar refractivity (Wildman–Crippen MR) is 65.3 cm³/mol. The van der Waals surface area contributed by atoms with Gasteiger partial charge in [0.1, 0.15) is 0 Å². The minimum atomic E-state index is -0.533. The number of rotatable bonds is 2. The fourth-order valence-corrected chi connectivity index (χ4v) is 1.42. The molecule has 1 aromatic carbocycles. The summed E-state index contributed by atoms with van der Waals surface area (Å²) in [6.07, 6.45) is 0. The van der Waals surface area contributed by atoms with Gasteiger partial charge in [-0.3, -0.25) is 10.1 Å². The standard InChI is InChI=1S/C10H7BrClNO3/c1-16-10-6-8(12)7(3-2-4-11)5-9(10)13(14)15/h5-6H,4H2,1H3. The van der Waals surface area contributed by atoms with Crippen molar-refractivity contribution in [2.24, 2.45) is 0 Å². The number of nitro groups is 1. The van der Waals surface area contributed by atoms with Gasteiger partial charge in [0.15, 0.2) is 5.75 Å². The molecule has 0 aliphatic rings. The molecule has 0 unspecified atom stereocenters. The summed E-state index contributed by atoms with van der Waals surface area (Å²) in [6.45, 7) is 0. The zero-order valence-electron chi connectivity index (χ0n) is 8.29. The van der Waals surface area contributed by atoms with Gasteiger partial charge in [-0.2, -0.15) is 0 Å². The number of alkyl halides is 1. The molecule has 0 atom stereocenters. The molecule has 0 saturated carbocycles. The smallest absolute Gasteiger partial charge is 0.312 e. The highest BCUT2D eigenvalue weighted by Gasteiger charge is 2.17. The Hall–Kier alpha value is -1.25. The molecule has 16 heavy (non-hydrogen) atoms. The Labute approximate surface area is 106 Å². The second-order valence-electron chi connectivity index (χ2n) is 2.70. The van der Waals surface area contributed by atoms with Crippen LogP contribution in [-0.2, 0) is 0 Å². The Morgan fingerprint density at radius 1 is 1.62 bits per heavy atom. The van der Waals surface area contributed by atoms with Crippen molar-refractivity contribution in [2.75, 3.05) is 12.4 Å². The first-order valence-electron chi connectivity index (χ1n) is 4.17. The van der Waals surface area contributed by atoms with Crippen molar-refractivity contribution in [3.63, 3.8) is 0 Å². The highest BCUT2D eigenvalue weighted by atomic mass is 79.9. The van der Waals surface area contributed by atoms with Crippen LogP contribution in [0, 0.1) is 22.0 Å². The Bertz CT molecular complexity index is 479. The first kappa shape index (κ1) is 12.8. The average Bonchev–Trinajstić information content (AvgIpc) is 2.26. The maximum Gasteiger partial charge on any atom is 0.312 e. The van der Waals surface area contributed by atoms with Gasteiger partial charge in [0, 0.05) is 12.1 Å². The lowest BCUT2D eigenvalue weighted by molar-refractivity contribution is -0.385. The molecule has 0 spiro atoms. The van der Waals surface area contributed by atoms with E-state index in [2.05, 4.69) is 27.8 Å². The highest BCUT2D eigenvalue weighted by molar-refractivity contribution is 9.09. The van der Waals surface area contributed by atoms with Crippen molar-refractivity contribution in [3.05, 3.63) is 32.8 Å². The number of methoxy groups -OCH3 is 1. The maximum atomic E-state index is 10.7. The van der Waals surface area contributed by atoms with Crippen LogP contribution in [0.3, 0.4) is 0 Å². The van der Waals surface area contributed by atoms with Crippen molar-refractivity contribution >= 4 is 33.2 Å². The highest BCUT2D eigenvalue weighted by Crippen LogP contribution is 2.32. The molecule has 84 valence electrons. The van der Waals surface area contributed by atoms with E-state index in [0.29, 0.717) is 15.9 Å². The van der Waals surface area contributed by atoms with Crippen molar-refractivity contribution < 1.29 is 9.66 Å². The maximum absolute atomic E-state index is 10.7. The normalized spacial score (nSPS) is 9.19. The van der Waals surface area contributed by atoms with Gasteiger partial charge >= 0.3 is 5.69 Å². The van der Waals surface area contributed by atoms with E-state index in [1.54, 1.807) is 0 Å². The first-order chi connectivity index (χ1) is 7.60. The summed E-state index contributed by atoms with van der Waals surface area (Å²) in [6, 6.07) is 2.69. The molecule has 0 heterocycles. The molecule has 1 rings (SSSR count). The second kappa shape index (κ2) is 5.73. The van der Waals surface area contributed by atoms with Crippen molar-refractivity contribution in [2.45, 2.75) is 0 Å². The summed E-state index contributed by atoms with van der Waals surface area (Å²) in [5.74, 6) is 5.57. The number of benzene rings is 1. The fourth-order valence-electron chi connectivity index (χ4n) is 1.07. The van der Waals surface area contributed by atoms with Crippen molar-refractivity contribution in [3.8, 4) is 17.6 Å². The number of halogens is 2. The lowest BCUT2D eigenvalue weighted by Gasteiger charge is -2.03. The van der Waals surface area contributed by atoms with Crippen LogP contribution in [0.25, 0.3) is 0 Å². The van der Waals surface area contributed by atoms with E-state index in [4.69, 9.17) is 16.3 Å². The quantitative estimate of drug-likeness (QED) is 0.365. The molecule has 0 saturated heterocycles. The van der Waals surface area contributed by atoms with Gasteiger partial charge in [-0.1, -0.05) is 39.4 Å². The summed E-state index contributed by atoms with van der Waals surface area (Å²) >= 11 is 9.03. The molecule has 6 heteroatoms. The lowest BCUT2D eigenvalue weighted by atomic mass is 10.2. The summed E-state index contributed by atoms with van der Waals surface area (Å²) in [5, 5.41) is 11.5. The number of nitrogens with zero attached hydrogens (tertiary/aromatic N) is 1. The zero-order chi connectivity index (χ0) is 12.1. The predicted octanol–water partition coefficient (Wildman–Crippen LogP) is 3.00. The van der Waals surface area contributed by atoms with E-state index in [9.17, 15) is 10.1 Å². The van der Waals surface area contributed by atoms with Crippen LogP contribution in [-0.4, -0.2) is 17.4 Å². The molecule has 0 aliphatic heterocycles. The van der Waals surface area contributed by atoms with Crippen LogP contribution >= 0.6 is 27.5 Å². The van der Waals surface area contributed by atoms with Gasteiger partial charge in [0.2, 0.25) is 0 Å². The third kappa shape index (κ3) is 2.87. The van der Waals surface area contributed by atoms with Crippen LogP contribution in [0.2, 0.25) is 5.02 Å². The fraction of sp³-hybridized carbons (Fsp3) is 0.200. The Kier molecular flexibility index (Phi) is 4.59. The summed E-state index contributed by atoms with van der Waals surface area (Å²) in [4.78, 5) is 10.2. The minimum Gasteiger partial charge on any atom is -0.490 e. The van der Waals surface area contributed by atoms with Gasteiger partial charge in [-0.25, -0.2) is 0 Å². The summed E-state index contributed by atoms with van der Waals surface area (Å²) in [7, 11) is 1.35. The van der Waals surface area contributed by atoms with Gasteiger partial charge in [0.25, 0.3) is 0 Å². The number of nitro benzene ring substituents is 1. The molecule has 0 aromatic heterocycles. The Morgan fingerprint density at radius 3 is 2.81 bits per heavy atom. The number of hydrogen-bond donors (Lipinski definition) is 0. The largest absolute Gasteiger partial charge is 0.490 e. The van der Waals surface area contributed by atoms with Crippen molar-refractivity contribution in [1.82, 2.24) is 0 Å². The third-order valence-electron chi connectivity index (χ3n) is 1.76. The van der Waals surface area contributed by atoms with Gasteiger partial charge in [-0.15, -0.1) is 0 Å². The summed E-state index contributed by atoms with van der Waals surface area (Å²) in [5.41, 5.74) is 0.263. The number of hydrogen-bond acceptors (Lipinski definition) is 3. The molecule has 0 amide bonds. The summed E-state index contributed by atoms with van der Waals surface area (Å²) < 4.78 is 4.86. The molecule has 1 aromatic rings. The van der Waals surface area contributed by atoms with Crippen LogP contribution in [0.4, 0.5) is 5.69 Å². The van der Waals surface area contributed by atoms with E-state index in [0.717, 1.165) is 0 Å². The molecule has 0 N–H and O–H groups in total. The molecule has 0 bridgehead atoms. The minimum absolute atomic E-state index is 0.124. The van der Waals surface area contributed by atoms with Crippen LogP contribution < -0.4 is 4.74 Å². The van der Waals surface area contributed by atoms with Gasteiger partial charge in [-0.05, 0) is 0 Å². The Balaban J connectivity index is 3.33. The molecule has 4 nitrogen and oxygen atoms in total. The van der Waals surface area contributed by atoms with E-state index < -0.39 is 4.92 Å². The van der Waals surface area contributed by atoms with E-state index in [-0.39, 0.29) is 11.4 Å². The van der Waals surface area contributed by atoms with Crippen molar-refractivity contribution in [1.29, 1.82) is 0 Å². The van der Waals surface area contributed by atoms with Gasteiger partial charge in [0.05, 0.1) is 27.9 Å². The van der Waals surface area contributed by atoms with Crippen LogP contribution in [0.1, 0.15) is 5.56 Å². The molecule has 0 fully saturated rings. The molecular weight excluding hydrogens is 297 g/mol. The Morgan fingerprint density at radius 2 is 2.31 bits per heavy atom.